The normalized spacial score (nSPS) is 19.2. The lowest BCUT2D eigenvalue weighted by Gasteiger charge is -2.37. The van der Waals surface area contributed by atoms with Crippen molar-refractivity contribution in [1.29, 1.82) is 0 Å². The average Bonchev–Trinajstić information content (AvgIpc) is 2.79. The Kier molecular flexibility index (Phi) is 6.65. The first-order valence-corrected chi connectivity index (χ1v) is 10.8. The summed E-state index contributed by atoms with van der Waals surface area (Å²) in [5.41, 5.74) is 7.25. The van der Waals surface area contributed by atoms with Gasteiger partial charge in [0.15, 0.2) is 11.5 Å². The maximum Gasteiger partial charge on any atom is 0.209 e. The lowest BCUT2D eigenvalue weighted by molar-refractivity contribution is -0.00523. The molecule has 1 aromatic heterocycles. The molecule has 0 saturated carbocycles. The van der Waals surface area contributed by atoms with E-state index in [-0.39, 0.29) is 34.7 Å². The first-order chi connectivity index (χ1) is 15.9. The number of aromatic nitrogens is 2. The zero-order chi connectivity index (χ0) is 23.4. The van der Waals surface area contributed by atoms with E-state index in [1.807, 2.05) is 38.1 Å². The minimum atomic E-state index is -0.447. The zero-order valence-corrected chi connectivity index (χ0v) is 18.6. The molecule has 33 heavy (non-hydrogen) atoms. The molecule has 0 radical (unpaired) electrons. The summed E-state index contributed by atoms with van der Waals surface area (Å²) < 4.78 is 22.3. The Labute approximate surface area is 191 Å². The molecule has 0 spiro atoms. The lowest BCUT2D eigenvalue weighted by atomic mass is 10.2. The number of allylic oxidation sites excluding steroid dienone is 1. The molecule has 0 unspecified atom stereocenters. The largest absolute Gasteiger partial charge is 0.405 e. The number of rotatable bonds is 5. The number of benzene rings is 2. The molecule has 2 heterocycles. The van der Waals surface area contributed by atoms with E-state index in [0.717, 1.165) is 5.69 Å². The molecule has 1 saturated heterocycles. The smallest absolute Gasteiger partial charge is 0.209 e. The molecule has 3 aromatic rings. The van der Waals surface area contributed by atoms with Crippen LogP contribution in [0.1, 0.15) is 19.5 Å². The van der Waals surface area contributed by atoms with Crippen LogP contribution in [0.5, 0.6) is 0 Å². The number of hydrogen-bond acceptors (Lipinski definition) is 6. The third-order valence-corrected chi connectivity index (χ3v) is 5.27. The fourth-order valence-corrected chi connectivity index (χ4v) is 3.89. The summed E-state index contributed by atoms with van der Waals surface area (Å²) in [5.74, 6) is -0.447. The van der Waals surface area contributed by atoms with Crippen LogP contribution < -0.4 is 16.1 Å². The Morgan fingerprint density at radius 3 is 2.55 bits per heavy atom. The van der Waals surface area contributed by atoms with Gasteiger partial charge in [0.2, 0.25) is 5.43 Å². The molecule has 7 nitrogen and oxygen atoms in total. The molecule has 0 aliphatic carbocycles. The molecule has 170 valence electrons. The van der Waals surface area contributed by atoms with Gasteiger partial charge in [-0.1, -0.05) is 18.2 Å². The number of ether oxygens (including phenoxy) is 1. The second-order valence-corrected chi connectivity index (χ2v) is 7.96. The van der Waals surface area contributed by atoms with Gasteiger partial charge in [-0.25, -0.2) is 14.1 Å². The third kappa shape index (κ3) is 5.18. The molecule has 2 aromatic carbocycles. The number of para-hydroxylation sites is 1. The third-order valence-electron chi connectivity index (χ3n) is 5.27. The van der Waals surface area contributed by atoms with Gasteiger partial charge < -0.3 is 15.4 Å². The highest BCUT2D eigenvalue weighted by Gasteiger charge is 2.23. The quantitative estimate of drug-likeness (QED) is 0.605. The molecule has 0 bridgehead atoms. The molecular formula is C25H26FN5O2. The van der Waals surface area contributed by atoms with Gasteiger partial charge in [0, 0.05) is 31.0 Å². The Bertz CT molecular complexity index is 1230. The minimum Gasteiger partial charge on any atom is -0.405 e. The number of morpholine rings is 1. The van der Waals surface area contributed by atoms with E-state index in [0.29, 0.717) is 18.8 Å². The summed E-state index contributed by atoms with van der Waals surface area (Å²) in [4.78, 5) is 19.2. The Hall–Kier alpha value is -3.78. The van der Waals surface area contributed by atoms with Crippen LogP contribution in [0.3, 0.4) is 0 Å². The number of anilines is 1. The van der Waals surface area contributed by atoms with Crippen LogP contribution in [-0.4, -0.2) is 40.8 Å². The van der Waals surface area contributed by atoms with Crippen LogP contribution >= 0.6 is 0 Å². The van der Waals surface area contributed by atoms with Gasteiger partial charge in [0.05, 0.1) is 23.6 Å². The number of nitrogens with two attached hydrogens (primary N) is 1. The number of nitrogens with zero attached hydrogens (tertiary/aromatic N) is 4. The fourth-order valence-electron chi connectivity index (χ4n) is 3.89. The van der Waals surface area contributed by atoms with Crippen LogP contribution in [0, 0.1) is 5.82 Å². The predicted molar refractivity (Wildman–Crippen MR) is 128 cm³/mol. The first-order valence-electron chi connectivity index (χ1n) is 10.8. The molecule has 2 N–H and O–H groups in total. The molecule has 1 aliphatic rings. The molecule has 1 aliphatic heterocycles. The Balaban J connectivity index is 1.70. The maximum absolute atomic E-state index is 15.2. The van der Waals surface area contributed by atoms with Crippen molar-refractivity contribution >= 4 is 17.1 Å². The highest BCUT2D eigenvalue weighted by molar-refractivity contribution is 6.08. The number of aliphatic imine (C=N–C) groups is 1. The molecule has 4 rings (SSSR count). The van der Waals surface area contributed by atoms with Crippen LogP contribution in [0.2, 0.25) is 0 Å². The van der Waals surface area contributed by atoms with Gasteiger partial charge in [-0.05, 0) is 56.5 Å². The van der Waals surface area contributed by atoms with Crippen molar-refractivity contribution in [3.05, 3.63) is 94.8 Å². The van der Waals surface area contributed by atoms with E-state index in [4.69, 9.17) is 10.5 Å². The molecule has 8 heteroatoms. The van der Waals surface area contributed by atoms with Crippen LogP contribution in [-0.2, 0) is 4.74 Å². The van der Waals surface area contributed by atoms with Gasteiger partial charge in [0.25, 0.3) is 0 Å². The highest BCUT2D eigenvalue weighted by Crippen LogP contribution is 2.24. The van der Waals surface area contributed by atoms with Crippen molar-refractivity contribution in [2.24, 2.45) is 10.7 Å². The van der Waals surface area contributed by atoms with Gasteiger partial charge in [-0.2, -0.15) is 5.10 Å². The monoisotopic (exact) mass is 447 g/mol. The van der Waals surface area contributed by atoms with Gasteiger partial charge in [-0.3, -0.25) is 4.79 Å². The van der Waals surface area contributed by atoms with Crippen LogP contribution in [0.25, 0.3) is 5.69 Å². The van der Waals surface area contributed by atoms with Crippen molar-refractivity contribution in [3.63, 3.8) is 0 Å². The van der Waals surface area contributed by atoms with E-state index in [9.17, 15) is 4.79 Å². The second kappa shape index (κ2) is 9.79. The van der Waals surface area contributed by atoms with E-state index in [2.05, 4.69) is 15.0 Å². The summed E-state index contributed by atoms with van der Waals surface area (Å²) in [6.45, 7) is 5.38. The standard InChI is InChI=1S/C25H26FN5O2/c1-17-15-30(16-18(2)33-17)20-8-9-23(21(26)14-20)31-13-11-24(32)25(29-31)22(10-12-27)28-19-6-4-3-5-7-19/h3-14,17-18H,15-16,27H2,1-2H3/t17-,18+. The van der Waals surface area contributed by atoms with Gasteiger partial charge in [0.1, 0.15) is 5.69 Å². The molecule has 1 fully saturated rings. The Morgan fingerprint density at radius 2 is 1.88 bits per heavy atom. The fraction of sp³-hybridized carbons (Fsp3) is 0.240. The topological polar surface area (TPSA) is 85.7 Å². The summed E-state index contributed by atoms with van der Waals surface area (Å²) in [6.07, 6.45) is 4.37. The van der Waals surface area contributed by atoms with E-state index < -0.39 is 5.82 Å². The van der Waals surface area contributed by atoms with Crippen molar-refractivity contribution in [1.82, 2.24) is 9.78 Å². The Morgan fingerprint density at radius 1 is 1.15 bits per heavy atom. The van der Waals surface area contributed by atoms with Crippen molar-refractivity contribution in [2.45, 2.75) is 26.1 Å². The maximum atomic E-state index is 15.2. The second-order valence-electron chi connectivity index (χ2n) is 7.96. The van der Waals surface area contributed by atoms with Crippen molar-refractivity contribution < 1.29 is 9.13 Å². The van der Waals surface area contributed by atoms with Crippen LogP contribution in [0.15, 0.2) is 82.9 Å². The van der Waals surface area contributed by atoms with E-state index in [1.165, 1.54) is 35.3 Å². The first kappa shape index (κ1) is 22.4. The predicted octanol–water partition coefficient (Wildman–Crippen LogP) is 3.58. The zero-order valence-electron chi connectivity index (χ0n) is 18.6. The summed E-state index contributed by atoms with van der Waals surface area (Å²) in [6, 6.07) is 15.5. The minimum absolute atomic E-state index is 0.0672. The highest BCUT2D eigenvalue weighted by atomic mass is 19.1. The SMILES string of the molecule is C[C@@H]1CN(c2ccc(-n3ccc(=O)c(C(C=CN)=Nc4ccccc4)n3)c(F)c2)C[C@H](C)O1. The molecule has 2 atom stereocenters. The number of hydrogen-bond donors (Lipinski definition) is 1. The van der Waals surface area contributed by atoms with Gasteiger partial charge in [-0.15, -0.1) is 0 Å². The summed E-state index contributed by atoms with van der Waals surface area (Å²) >= 11 is 0. The average molecular weight is 448 g/mol. The molecule has 0 amide bonds. The van der Waals surface area contributed by atoms with Gasteiger partial charge >= 0.3 is 0 Å². The lowest BCUT2D eigenvalue weighted by Crippen LogP contribution is -2.45. The van der Waals surface area contributed by atoms with Crippen molar-refractivity contribution in [2.75, 3.05) is 18.0 Å². The van der Waals surface area contributed by atoms with E-state index in [1.54, 1.807) is 18.2 Å². The molecular weight excluding hydrogens is 421 g/mol. The summed E-state index contributed by atoms with van der Waals surface area (Å²) in [5, 5.41) is 4.38. The summed E-state index contributed by atoms with van der Waals surface area (Å²) in [7, 11) is 0. The van der Waals surface area contributed by atoms with Crippen LogP contribution in [0.4, 0.5) is 15.8 Å². The van der Waals surface area contributed by atoms with E-state index >= 15 is 4.39 Å². The number of halogens is 1. The van der Waals surface area contributed by atoms with Crippen molar-refractivity contribution in [3.8, 4) is 5.69 Å².